The Bertz CT molecular complexity index is 129. The number of aliphatic hydroxyl groups is 1. The lowest BCUT2D eigenvalue weighted by atomic mass is 9.80. The average molecular weight is 129 g/mol. The lowest BCUT2D eigenvalue weighted by Gasteiger charge is -2.37. The Labute approximate surface area is 54.1 Å². The molecule has 0 aliphatic carbocycles. The lowest BCUT2D eigenvalue weighted by Crippen LogP contribution is -2.56. The molecule has 52 valence electrons. The largest absolute Gasteiger partial charge is 0.389 e. The molecule has 1 saturated heterocycles. The second-order valence-corrected chi connectivity index (χ2v) is 2.75. The molecule has 9 heavy (non-hydrogen) atoms. The summed E-state index contributed by atoms with van der Waals surface area (Å²) in [5, 5.41) is 11.4. The summed E-state index contributed by atoms with van der Waals surface area (Å²) in [6.45, 7) is 2.97. The van der Waals surface area contributed by atoms with Crippen LogP contribution in [0.1, 0.15) is 6.92 Å². The normalized spacial score (nSPS) is 22.9. The number of carbonyl (C=O) groups is 1. The highest BCUT2D eigenvalue weighted by Crippen LogP contribution is 2.21. The van der Waals surface area contributed by atoms with Crippen LogP contribution in [0.3, 0.4) is 0 Å². The Morgan fingerprint density at radius 3 is 2.44 bits per heavy atom. The summed E-state index contributed by atoms with van der Waals surface area (Å²) in [6.07, 6.45) is 0. The molecule has 0 bridgehead atoms. The SMILES string of the molecule is CC1(C(=O)CO)CNC1. The molecule has 0 aromatic heterocycles. The smallest absolute Gasteiger partial charge is 0.166 e. The number of Topliss-reactive ketones (excluding diaryl/α,β-unsaturated/α-hetero) is 1. The number of aliphatic hydroxyl groups excluding tert-OH is 1. The van der Waals surface area contributed by atoms with Crippen LogP contribution in [0.5, 0.6) is 0 Å². The first-order chi connectivity index (χ1) is 4.19. The van der Waals surface area contributed by atoms with Crippen LogP contribution in [-0.2, 0) is 4.79 Å². The molecule has 0 atom stereocenters. The maximum absolute atomic E-state index is 10.8. The van der Waals surface area contributed by atoms with Crippen molar-refractivity contribution in [3.05, 3.63) is 0 Å². The molecule has 1 fully saturated rings. The molecule has 0 radical (unpaired) electrons. The number of rotatable bonds is 2. The van der Waals surface area contributed by atoms with Gasteiger partial charge in [-0.3, -0.25) is 4.79 Å². The van der Waals surface area contributed by atoms with Crippen LogP contribution in [0.2, 0.25) is 0 Å². The fraction of sp³-hybridized carbons (Fsp3) is 0.833. The van der Waals surface area contributed by atoms with Crippen LogP contribution < -0.4 is 5.32 Å². The van der Waals surface area contributed by atoms with Crippen molar-refractivity contribution in [2.24, 2.45) is 5.41 Å². The van der Waals surface area contributed by atoms with Crippen molar-refractivity contribution in [3.8, 4) is 0 Å². The molecule has 0 spiro atoms. The predicted molar refractivity (Wildman–Crippen MR) is 33.1 cm³/mol. The highest BCUT2D eigenvalue weighted by molar-refractivity contribution is 5.86. The van der Waals surface area contributed by atoms with Crippen LogP contribution in [0, 0.1) is 5.41 Å². The van der Waals surface area contributed by atoms with E-state index in [0.29, 0.717) is 13.1 Å². The first kappa shape index (κ1) is 6.71. The van der Waals surface area contributed by atoms with Gasteiger partial charge in [0, 0.05) is 13.1 Å². The monoisotopic (exact) mass is 129 g/mol. The summed E-state index contributed by atoms with van der Waals surface area (Å²) in [5.41, 5.74) is -0.269. The zero-order valence-electron chi connectivity index (χ0n) is 5.48. The van der Waals surface area contributed by atoms with Crippen molar-refractivity contribution in [2.75, 3.05) is 19.7 Å². The van der Waals surface area contributed by atoms with Gasteiger partial charge in [-0.05, 0) is 0 Å². The van der Waals surface area contributed by atoms with E-state index >= 15 is 0 Å². The van der Waals surface area contributed by atoms with E-state index in [1.807, 2.05) is 6.92 Å². The van der Waals surface area contributed by atoms with E-state index < -0.39 is 0 Å². The lowest BCUT2D eigenvalue weighted by molar-refractivity contribution is -0.133. The van der Waals surface area contributed by atoms with Gasteiger partial charge in [0.15, 0.2) is 5.78 Å². The number of hydrogen-bond donors (Lipinski definition) is 2. The third kappa shape index (κ3) is 0.976. The van der Waals surface area contributed by atoms with Crippen molar-refractivity contribution < 1.29 is 9.90 Å². The van der Waals surface area contributed by atoms with E-state index in [-0.39, 0.29) is 17.8 Å². The highest BCUT2D eigenvalue weighted by atomic mass is 16.3. The van der Waals surface area contributed by atoms with Crippen LogP contribution in [0.15, 0.2) is 0 Å². The molecule has 0 aromatic carbocycles. The van der Waals surface area contributed by atoms with Crippen LogP contribution in [0.25, 0.3) is 0 Å². The molecular formula is C6H11NO2. The van der Waals surface area contributed by atoms with Crippen LogP contribution >= 0.6 is 0 Å². The van der Waals surface area contributed by atoms with Crippen LogP contribution in [-0.4, -0.2) is 30.6 Å². The minimum atomic E-state index is -0.321. The number of hydrogen-bond acceptors (Lipinski definition) is 3. The Morgan fingerprint density at radius 2 is 2.33 bits per heavy atom. The van der Waals surface area contributed by atoms with Gasteiger partial charge in [0.2, 0.25) is 0 Å². The topological polar surface area (TPSA) is 49.3 Å². The molecule has 0 amide bonds. The molecule has 1 aliphatic heterocycles. The van der Waals surface area contributed by atoms with Gasteiger partial charge in [-0.2, -0.15) is 0 Å². The minimum absolute atomic E-state index is 0.0544. The first-order valence-corrected chi connectivity index (χ1v) is 3.04. The molecule has 1 heterocycles. The maximum Gasteiger partial charge on any atom is 0.166 e. The molecule has 3 heteroatoms. The fourth-order valence-corrected chi connectivity index (χ4v) is 0.888. The quantitative estimate of drug-likeness (QED) is 0.511. The van der Waals surface area contributed by atoms with Crippen molar-refractivity contribution >= 4 is 5.78 Å². The molecule has 0 saturated carbocycles. The average Bonchev–Trinajstić information content (AvgIpc) is 1.81. The molecule has 1 aliphatic rings. The molecule has 2 N–H and O–H groups in total. The molecule has 0 unspecified atom stereocenters. The minimum Gasteiger partial charge on any atom is -0.389 e. The number of ketones is 1. The summed E-state index contributed by atoms with van der Waals surface area (Å²) in [7, 11) is 0. The summed E-state index contributed by atoms with van der Waals surface area (Å²) in [6, 6.07) is 0. The van der Waals surface area contributed by atoms with Gasteiger partial charge in [0.1, 0.15) is 6.61 Å². The van der Waals surface area contributed by atoms with Gasteiger partial charge < -0.3 is 10.4 Å². The molecular weight excluding hydrogens is 118 g/mol. The summed E-state index contributed by atoms with van der Waals surface area (Å²) in [5.74, 6) is -0.0544. The third-order valence-electron chi connectivity index (χ3n) is 1.85. The zero-order valence-corrected chi connectivity index (χ0v) is 5.48. The van der Waals surface area contributed by atoms with Gasteiger partial charge in [0.25, 0.3) is 0 Å². The predicted octanol–water partition coefficient (Wildman–Crippen LogP) is -0.843. The Kier molecular flexibility index (Phi) is 1.55. The van der Waals surface area contributed by atoms with Gasteiger partial charge >= 0.3 is 0 Å². The van der Waals surface area contributed by atoms with Crippen molar-refractivity contribution in [2.45, 2.75) is 6.92 Å². The second kappa shape index (κ2) is 2.08. The van der Waals surface area contributed by atoms with E-state index in [2.05, 4.69) is 5.32 Å². The van der Waals surface area contributed by atoms with E-state index in [0.717, 1.165) is 0 Å². The third-order valence-corrected chi connectivity index (χ3v) is 1.85. The molecule has 3 nitrogen and oxygen atoms in total. The van der Waals surface area contributed by atoms with Gasteiger partial charge in [-0.25, -0.2) is 0 Å². The maximum atomic E-state index is 10.8. The second-order valence-electron chi connectivity index (χ2n) is 2.75. The molecule has 0 aromatic rings. The number of nitrogens with one attached hydrogen (secondary N) is 1. The van der Waals surface area contributed by atoms with Crippen LogP contribution in [0.4, 0.5) is 0 Å². The fourth-order valence-electron chi connectivity index (χ4n) is 0.888. The zero-order chi connectivity index (χ0) is 6.91. The standard InChI is InChI=1S/C6H11NO2/c1-6(3-7-4-6)5(9)2-8/h7-8H,2-4H2,1H3. The van der Waals surface area contributed by atoms with Gasteiger partial charge in [0.05, 0.1) is 5.41 Å². The van der Waals surface area contributed by atoms with Gasteiger partial charge in [-0.1, -0.05) is 6.92 Å². The Morgan fingerprint density at radius 1 is 1.78 bits per heavy atom. The Balaban J connectivity index is 2.49. The molecule has 1 rings (SSSR count). The first-order valence-electron chi connectivity index (χ1n) is 3.04. The Hall–Kier alpha value is -0.410. The van der Waals surface area contributed by atoms with Gasteiger partial charge in [-0.15, -0.1) is 0 Å². The highest BCUT2D eigenvalue weighted by Gasteiger charge is 2.38. The van der Waals surface area contributed by atoms with E-state index in [4.69, 9.17) is 5.11 Å². The van der Waals surface area contributed by atoms with E-state index in [9.17, 15) is 4.79 Å². The van der Waals surface area contributed by atoms with E-state index in [1.165, 1.54) is 0 Å². The van der Waals surface area contributed by atoms with Crippen molar-refractivity contribution in [1.82, 2.24) is 5.32 Å². The van der Waals surface area contributed by atoms with Crippen molar-refractivity contribution in [1.29, 1.82) is 0 Å². The summed E-state index contributed by atoms with van der Waals surface area (Å²) < 4.78 is 0. The van der Waals surface area contributed by atoms with E-state index in [1.54, 1.807) is 0 Å². The summed E-state index contributed by atoms with van der Waals surface area (Å²) in [4.78, 5) is 10.8. The summed E-state index contributed by atoms with van der Waals surface area (Å²) >= 11 is 0. The van der Waals surface area contributed by atoms with Crippen molar-refractivity contribution in [3.63, 3.8) is 0 Å². The number of carbonyl (C=O) groups excluding carboxylic acids is 1.